The molecule has 1 amide bonds. The quantitative estimate of drug-likeness (QED) is 0.778. The van der Waals surface area contributed by atoms with E-state index < -0.39 is 0 Å². The van der Waals surface area contributed by atoms with Crippen molar-refractivity contribution in [2.45, 2.75) is 26.2 Å². The van der Waals surface area contributed by atoms with Gasteiger partial charge in [-0.2, -0.15) is 0 Å². The van der Waals surface area contributed by atoms with Crippen molar-refractivity contribution in [1.29, 1.82) is 0 Å². The van der Waals surface area contributed by atoms with Crippen LogP contribution in [0.5, 0.6) is 5.75 Å². The average molecular weight is 297 g/mol. The number of amides is 1. The monoisotopic (exact) mass is 297 g/mol. The van der Waals surface area contributed by atoms with E-state index >= 15 is 0 Å². The van der Waals surface area contributed by atoms with E-state index in [0.717, 1.165) is 30.7 Å². The maximum atomic E-state index is 12.4. The molecule has 0 fully saturated rings. The minimum absolute atomic E-state index is 0.0195. The molecule has 22 heavy (non-hydrogen) atoms. The van der Waals surface area contributed by atoms with Crippen LogP contribution in [0.25, 0.3) is 0 Å². The van der Waals surface area contributed by atoms with Gasteiger partial charge >= 0.3 is 0 Å². The van der Waals surface area contributed by atoms with Crippen LogP contribution < -0.4 is 10.1 Å². The zero-order valence-corrected chi connectivity index (χ0v) is 13.0. The van der Waals surface area contributed by atoms with E-state index in [1.165, 1.54) is 0 Å². The summed E-state index contributed by atoms with van der Waals surface area (Å²) in [6.07, 6.45) is 2.58. The second-order valence-electron chi connectivity index (χ2n) is 5.29. The molecule has 0 aliphatic rings. The Morgan fingerprint density at radius 1 is 1.00 bits per heavy atom. The van der Waals surface area contributed by atoms with Gasteiger partial charge in [-0.1, -0.05) is 49.7 Å². The number of hydrogen-bond donors (Lipinski definition) is 1. The Hall–Kier alpha value is -2.29. The summed E-state index contributed by atoms with van der Waals surface area (Å²) in [6, 6.07) is 19.3. The molecule has 1 atom stereocenters. The highest BCUT2D eigenvalue weighted by Gasteiger charge is 2.17. The Morgan fingerprint density at radius 3 is 2.27 bits per heavy atom. The summed E-state index contributed by atoms with van der Waals surface area (Å²) in [5.41, 5.74) is 0.845. The molecule has 2 rings (SSSR count). The molecule has 1 N–H and O–H groups in total. The first-order chi connectivity index (χ1) is 10.8. The molecule has 0 saturated heterocycles. The molecule has 0 radical (unpaired) electrons. The molecule has 116 valence electrons. The summed E-state index contributed by atoms with van der Waals surface area (Å²) in [5, 5.41) is 2.98. The topological polar surface area (TPSA) is 38.3 Å². The Bertz CT molecular complexity index is 554. The molecule has 2 aromatic rings. The van der Waals surface area contributed by atoms with Crippen molar-refractivity contribution in [2.75, 3.05) is 11.9 Å². The van der Waals surface area contributed by atoms with Crippen LogP contribution in [0, 0.1) is 5.92 Å². The van der Waals surface area contributed by atoms with Gasteiger partial charge in [0.2, 0.25) is 5.91 Å². The molecular formula is C19H23NO2. The number of para-hydroxylation sites is 2. The van der Waals surface area contributed by atoms with Gasteiger partial charge in [-0.15, -0.1) is 0 Å². The van der Waals surface area contributed by atoms with Crippen LogP contribution in [0.1, 0.15) is 26.2 Å². The molecule has 0 bridgehead atoms. The first kappa shape index (κ1) is 16.1. The van der Waals surface area contributed by atoms with E-state index in [1.54, 1.807) is 0 Å². The van der Waals surface area contributed by atoms with E-state index in [0.29, 0.717) is 6.61 Å². The fourth-order valence-corrected chi connectivity index (χ4v) is 2.36. The van der Waals surface area contributed by atoms with Gasteiger partial charge in [0, 0.05) is 11.6 Å². The third kappa shape index (κ3) is 5.24. The standard InChI is InChI=1S/C19H23NO2/c1-2-9-16(14-15-22-18-12-7-4-8-13-18)19(21)20-17-10-5-3-6-11-17/h3-8,10-13,16H,2,9,14-15H2,1H3,(H,20,21). The summed E-state index contributed by atoms with van der Waals surface area (Å²) < 4.78 is 5.70. The lowest BCUT2D eigenvalue weighted by Gasteiger charge is -2.16. The van der Waals surface area contributed by atoms with Gasteiger partial charge in [-0.3, -0.25) is 4.79 Å². The van der Waals surface area contributed by atoms with E-state index in [2.05, 4.69) is 12.2 Å². The van der Waals surface area contributed by atoms with Crippen molar-refractivity contribution < 1.29 is 9.53 Å². The van der Waals surface area contributed by atoms with Crippen LogP contribution in [0.15, 0.2) is 60.7 Å². The molecular weight excluding hydrogens is 274 g/mol. The van der Waals surface area contributed by atoms with E-state index in [9.17, 15) is 4.79 Å². The Labute approximate surface area is 132 Å². The lowest BCUT2D eigenvalue weighted by atomic mass is 9.99. The smallest absolute Gasteiger partial charge is 0.227 e. The normalized spacial score (nSPS) is 11.7. The van der Waals surface area contributed by atoms with Crippen molar-refractivity contribution in [3.8, 4) is 5.75 Å². The van der Waals surface area contributed by atoms with Crippen molar-refractivity contribution >= 4 is 11.6 Å². The molecule has 0 heterocycles. The van der Waals surface area contributed by atoms with Crippen LogP contribution in [-0.2, 0) is 4.79 Å². The number of ether oxygens (including phenoxy) is 1. The second kappa shape index (κ2) is 8.88. The first-order valence-electron chi connectivity index (χ1n) is 7.83. The van der Waals surface area contributed by atoms with Crippen molar-refractivity contribution in [3.63, 3.8) is 0 Å². The number of carbonyl (C=O) groups is 1. The average Bonchev–Trinajstić information content (AvgIpc) is 2.56. The molecule has 0 spiro atoms. The highest BCUT2D eigenvalue weighted by molar-refractivity contribution is 5.92. The number of benzene rings is 2. The van der Waals surface area contributed by atoms with Crippen molar-refractivity contribution in [3.05, 3.63) is 60.7 Å². The van der Waals surface area contributed by atoms with Crippen LogP contribution in [0.3, 0.4) is 0 Å². The molecule has 1 unspecified atom stereocenters. The minimum atomic E-state index is -0.0195. The Kier molecular flexibility index (Phi) is 6.49. The molecule has 0 aliphatic carbocycles. The van der Waals surface area contributed by atoms with Gasteiger partial charge in [-0.25, -0.2) is 0 Å². The number of rotatable bonds is 8. The summed E-state index contributed by atoms with van der Waals surface area (Å²) in [4.78, 5) is 12.4. The second-order valence-corrected chi connectivity index (χ2v) is 5.29. The lowest BCUT2D eigenvalue weighted by molar-refractivity contribution is -0.120. The molecule has 2 aromatic carbocycles. The molecule has 3 heteroatoms. The van der Waals surface area contributed by atoms with Gasteiger partial charge < -0.3 is 10.1 Å². The van der Waals surface area contributed by atoms with Gasteiger partial charge in [0.05, 0.1) is 6.61 Å². The third-order valence-electron chi connectivity index (χ3n) is 3.53. The van der Waals surface area contributed by atoms with Crippen molar-refractivity contribution in [1.82, 2.24) is 0 Å². The molecule has 0 saturated carbocycles. The first-order valence-corrected chi connectivity index (χ1v) is 7.83. The fraction of sp³-hybridized carbons (Fsp3) is 0.316. The van der Waals surface area contributed by atoms with E-state index in [1.807, 2.05) is 60.7 Å². The highest BCUT2D eigenvalue weighted by atomic mass is 16.5. The highest BCUT2D eigenvalue weighted by Crippen LogP contribution is 2.17. The third-order valence-corrected chi connectivity index (χ3v) is 3.53. The minimum Gasteiger partial charge on any atom is -0.494 e. The Balaban J connectivity index is 1.84. The fourth-order valence-electron chi connectivity index (χ4n) is 2.36. The lowest BCUT2D eigenvalue weighted by Crippen LogP contribution is -2.24. The van der Waals surface area contributed by atoms with Gasteiger partial charge in [0.25, 0.3) is 0 Å². The van der Waals surface area contributed by atoms with Crippen LogP contribution in [0.4, 0.5) is 5.69 Å². The predicted molar refractivity (Wildman–Crippen MR) is 90.0 cm³/mol. The molecule has 0 aromatic heterocycles. The maximum absolute atomic E-state index is 12.4. The summed E-state index contributed by atoms with van der Waals surface area (Å²) in [7, 11) is 0. The Morgan fingerprint density at radius 2 is 1.64 bits per heavy atom. The molecule has 0 aliphatic heterocycles. The number of anilines is 1. The van der Waals surface area contributed by atoms with Crippen LogP contribution >= 0.6 is 0 Å². The predicted octanol–water partition coefficient (Wildman–Crippen LogP) is 4.51. The zero-order chi connectivity index (χ0) is 15.6. The van der Waals surface area contributed by atoms with E-state index in [4.69, 9.17) is 4.74 Å². The van der Waals surface area contributed by atoms with Gasteiger partial charge in [-0.05, 0) is 37.1 Å². The zero-order valence-electron chi connectivity index (χ0n) is 13.0. The summed E-state index contributed by atoms with van der Waals surface area (Å²) in [6.45, 7) is 2.65. The number of hydrogen-bond acceptors (Lipinski definition) is 2. The van der Waals surface area contributed by atoms with Gasteiger partial charge in [0.15, 0.2) is 0 Å². The van der Waals surface area contributed by atoms with Crippen LogP contribution in [-0.4, -0.2) is 12.5 Å². The largest absolute Gasteiger partial charge is 0.494 e. The van der Waals surface area contributed by atoms with Crippen molar-refractivity contribution in [2.24, 2.45) is 5.92 Å². The van der Waals surface area contributed by atoms with Crippen LogP contribution in [0.2, 0.25) is 0 Å². The van der Waals surface area contributed by atoms with Gasteiger partial charge in [0.1, 0.15) is 5.75 Å². The summed E-state index contributed by atoms with van der Waals surface area (Å²) in [5.74, 6) is 0.903. The number of carbonyl (C=O) groups excluding carboxylic acids is 1. The van der Waals surface area contributed by atoms with E-state index in [-0.39, 0.29) is 11.8 Å². The SMILES string of the molecule is CCCC(CCOc1ccccc1)C(=O)Nc1ccccc1. The maximum Gasteiger partial charge on any atom is 0.227 e. The number of nitrogens with one attached hydrogen (secondary N) is 1. The summed E-state index contributed by atoms with van der Waals surface area (Å²) >= 11 is 0. The molecule has 3 nitrogen and oxygen atoms in total.